The summed E-state index contributed by atoms with van der Waals surface area (Å²) in [5.74, 6) is 0.658. The van der Waals surface area contributed by atoms with E-state index in [0.29, 0.717) is 30.8 Å². The zero-order chi connectivity index (χ0) is 22.0. The van der Waals surface area contributed by atoms with Crippen molar-refractivity contribution in [2.45, 2.75) is 70.8 Å². The molecule has 2 fully saturated rings. The molecule has 1 aromatic heterocycles. The van der Waals surface area contributed by atoms with Gasteiger partial charge in [0.05, 0.1) is 5.60 Å². The Balaban J connectivity index is 1.46. The molecule has 0 unspecified atom stereocenters. The van der Waals surface area contributed by atoms with Crippen LogP contribution in [0.4, 0.5) is 0 Å². The van der Waals surface area contributed by atoms with Gasteiger partial charge >= 0.3 is 5.63 Å². The Kier molecular flexibility index (Phi) is 6.37. The first-order chi connectivity index (χ1) is 14.9. The summed E-state index contributed by atoms with van der Waals surface area (Å²) in [5.41, 5.74) is 1.31. The Morgan fingerprint density at radius 3 is 2.97 bits per heavy atom. The second-order valence-corrected chi connectivity index (χ2v) is 9.18. The van der Waals surface area contributed by atoms with Gasteiger partial charge in [-0.25, -0.2) is 4.79 Å². The zero-order valence-electron chi connectivity index (χ0n) is 18.6. The van der Waals surface area contributed by atoms with Crippen molar-refractivity contribution in [2.24, 2.45) is 5.92 Å². The first kappa shape index (κ1) is 21.9. The van der Waals surface area contributed by atoms with Gasteiger partial charge in [0, 0.05) is 36.0 Å². The van der Waals surface area contributed by atoms with Gasteiger partial charge in [-0.05, 0) is 56.7 Å². The molecule has 1 aromatic carbocycles. The average Bonchev–Trinajstić information content (AvgIpc) is 2.76. The molecule has 1 N–H and O–H groups in total. The summed E-state index contributed by atoms with van der Waals surface area (Å²) >= 11 is 0. The average molecular weight is 428 g/mol. The SMILES string of the molecule is CCCCc1cc(=O)oc2c(C)c(OCC(=O)N3CC[C@@]4(O)CCCC[C@H]4C3)ccc12. The van der Waals surface area contributed by atoms with E-state index in [1.807, 2.05) is 24.0 Å². The molecule has 1 saturated carbocycles. The van der Waals surface area contributed by atoms with Crippen molar-refractivity contribution >= 4 is 16.9 Å². The maximum absolute atomic E-state index is 12.8. The van der Waals surface area contributed by atoms with Gasteiger partial charge in [0.25, 0.3) is 5.91 Å². The third kappa shape index (κ3) is 4.49. The van der Waals surface area contributed by atoms with Crippen molar-refractivity contribution in [2.75, 3.05) is 19.7 Å². The standard InChI is InChI=1S/C25H33NO5/c1-3-4-7-18-14-23(28)31-24-17(2)21(10-9-20(18)24)30-16-22(27)26-13-12-25(29)11-6-5-8-19(25)15-26/h9-10,14,19,29H,3-8,11-13,15-16H2,1-2H3/t19-,25-/m0/s1. The fraction of sp³-hybridized carbons (Fsp3) is 0.600. The van der Waals surface area contributed by atoms with Crippen LogP contribution in [0.25, 0.3) is 11.0 Å². The second-order valence-electron chi connectivity index (χ2n) is 9.18. The van der Waals surface area contributed by atoms with Crippen LogP contribution in [0.2, 0.25) is 0 Å². The topological polar surface area (TPSA) is 80.0 Å². The molecule has 2 aromatic rings. The lowest BCUT2D eigenvalue weighted by atomic mass is 9.71. The number of carbonyl (C=O) groups excluding carboxylic acids is 1. The Hall–Kier alpha value is -2.34. The number of rotatable bonds is 6. The van der Waals surface area contributed by atoms with Gasteiger partial charge in [0.1, 0.15) is 11.3 Å². The molecule has 1 aliphatic carbocycles. The summed E-state index contributed by atoms with van der Waals surface area (Å²) in [6.07, 6.45) is 7.55. The van der Waals surface area contributed by atoms with Crippen LogP contribution in [0.1, 0.15) is 63.0 Å². The monoisotopic (exact) mass is 427 g/mol. The number of aryl methyl sites for hydroxylation is 2. The highest BCUT2D eigenvalue weighted by atomic mass is 16.5. The fourth-order valence-electron chi connectivity index (χ4n) is 5.17. The molecule has 2 heterocycles. The summed E-state index contributed by atoms with van der Waals surface area (Å²) in [5, 5.41) is 11.8. The van der Waals surface area contributed by atoms with E-state index in [1.165, 1.54) is 0 Å². The molecular formula is C25H33NO5. The van der Waals surface area contributed by atoms with Gasteiger partial charge in [-0.15, -0.1) is 0 Å². The van der Waals surface area contributed by atoms with E-state index in [2.05, 4.69) is 6.92 Å². The summed E-state index contributed by atoms with van der Waals surface area (Å²) < 4.78 is 11.4. The van der Waals surface area contributed by atoms with Gasteiger partial charge in [0.15, 0.2) is 6.61 Å². The molecule has 6 heteroatoms. The maximum Gasteiger partial charge on any atom is 0.336 e. The van der Waals surface area contributed by atoms with E-state index >= 15 is 0 Å². The van der Waals surface area contributed by atoms with Gasteiger partial charge in [-0.1, -0.05) is 26.2 Å². The van der Waals surface area contributed by atoms with Crippen LogP contribution >= 0.6 is 0 Å². The highest BCUT2D eigenvalue weighted by Gasteiger charge is 2.43. The van der Waals surface area contributed by atoms with Crippen molar-refractivity contribution in [1.29, 1.82) is 0 Å². The molecule has 1 amide bonds. The number of hydrogen-bond donors (Lipinski definition) is 1. The minimum atomic E-state index is -0.599. The van der Waals surface area contributed by atoms with E-state index < -0.39 is 5.60 Å². The Morgan fingerprint density at radius 2 is 2.16 bits per heavy atom. The van der Waals surface area contributed by atoms with Crippen molar-refractivity contribution < 1.29 is 19.1 Å². The maximum atomic E-state index is 12.8. The first-order valence-corrected chi connectivity index (χ1v) is 11.6. The number of carbonyl (C=O) groups is 1. The summed E-state index contributed by atoms with van der Waals surface area (Å²) in [7, 11) is 0. The van der Waals surface area contributed by atoms with Gasteiger partial charge in [-0.2, -0.15) is 0 Å². The molecule has 31 heavy (non-hydrogen) atoms. The number of hydrogen-bond acceptors (Lipinski definition) is 5. The first-order valence-electron chi connectivity index (χ1n) is 11.6. The van der Waals surface area contributed by atoms with Crippen LogP contribution in [0.15, 0.2) is 27.4 Å². The number of nitrogens with zero attached hydrogens (tertiary/aromatic N) is 1. The summed E-state index contributed by atoms with van der Waals surface area (Å²) in [4.78, 5) is 26.7. The molecule has 0 bridgehead atoms. The van der Waals surface area contributed by atoms with Crippen LogP contribution in [-0.4, -0.2) is 41.2 Å². The van der Waals surface area contributed by atoms with Crippen LogP contribution in [-0.2, 0) is 11.2 Å². The predicted molar refractivity (Wildman–Crippen MR) is 119 cm³/mol. The van der Waals surface area contributed by atoms with E-state index in [1.54, 1.807) is 6.07 Å². The molecule has 2 aliphatic rings. The quantitative estimate of drug-likeness (QED) is 0.706. The molecule has 1 aliphatic heterocycles. The Labute approximate surface area is 183 Å². The lowest BCUT2D eigenvalue weighted by Gasteiger charge is -2.47. The Bertz CT molecular complexity index is 1010. The number of benzene rings is 1. The van der Waals surface area contributed by atoms with Gasteiger partial charge < -0.3 is 19.2 Å². The number of aliphatic hydroxyl groups is 1. The number of piperidine rings is 1. The highest BCUT2D eigenvalue weighted by molar-refractivity contribution is 5.85. The lowest BCUT2D eigenvalue weighted by Crippen LogP contribution is -2.55. The molecule has 1 saturated heterocycles. The van der Waals surface area contributed by atoms with Crippen LogP contribution in [0, 0.1) is 12.8 Å². The van der Waals surface area contributed by atoms with Crippen molar-refractivity contribution in [3.8, 4) is 5.75 Å². The molecule has 0 radical (unpaired) electrons. The third-order valence-electron chi connectivity index (χ3n) is 7.13. The highest BCUT2D eigenvalue weighted by Crippen LogP contribution is 2.39. The van der Waals surface area contributed by atoms with Gasteiger partial charge in [-0.3, -0.25) is 4.79 Å². The zero-order valence-corrected chi connectivity index (χ0v) is 18.6. The molecule has 4 rings (SSSR count). The molecule has 6 nitrogen and oxygen atoms in total. The van der Waals surface area contributed by atoms with Crippen molar-refractivity contribution in [3.63, 3.8) is 0 Å². The molecule has 0 spiro atoms. The summed E-state index contributed by atoms with van der Waals surface area (Å²) in [6.45, 7) is 5.10. The predicted octanol–water partition coefficient (Wildman–Crippen LogP) is 3.98. The third-order valence-corrected chi connectivity index (χ3v) is 7.13. The number of unbranched alkanes of at least 4 members (excludes halogenated alkanes) is 1. The van der Waals surface area contributed by atoms with Crippen LogP contribution < -0.4 is 10.4 Å². The molecular weight excluding hydrogens is 394 g/mol. The number of likely N-dealkylation sites (tertiary alicyclic amines) is 1. The lowest BCUT2D eigenvalue weighted by molar-refractivity contribution is -0.145. The number of amides is 1. The fourth-order valence-corrected chi connectivity index (χ4v) is 5.17. The Morgan fingerprint density at radius 1 is 1.32 bits per heavy atom. The van der Waals surface area contributed by atoms with Crippen molar-refractivity contribution in [1.82, 2.24) is 4.90 Å². The van der Waals surface area contributed by atoms with Crippen LogP contribution in [0.5, 0.6) is 5.75 Å². The number of fused-ring (bicyclic) bond motifs is 2. The smallest absolute Gasteiger partial charge is 0.336 e. The van der Waals surface area contributed by atoms with E-state index in [4.69, 9.17) is 9.15 Å². The van der Waals surface area contributed by atoms with Crippen molar-refractivity contribution in [3.05, 3.63) is 39.7 Å². The van der Waals surface area contributed by atoms with E-state index in [-0.39, 0.29) is 24.1 Å². The van der Waals surface area contributed by atoms with Crippen LogP contribution in [0.3, 0.4) is 0 Å². The minimum absolute atomic E-state index is 0.0583. The molecule has 168 valence electrons. The van der Waals surface area contributed by atoms with Gasteiger partial charge in [0.2, 0.25) is 0 Å². The number of ether oxygens (including phenoxy) is 1. The van der Waals surface area contributed by atoms with E-state index in [9.17, 15) is 14.7 Å². The normalized spacial score (nSPS) is 23.6. The largest absolute Gasteiger partial charge is 0.483 e. The minimum Gasteiger partial charge on any atom is -0.483 e. The summed E-state index contributed by atoms with van der Waals surface area (Å²) in [6, 6.07) is 5.35. The van der Waals surface area contributed by atoms with E-state index in [0.717, 1.165) is 61.5 Å². The molecule has 2 atom stereocenters. The second kappa shape index (κ2) is 9.03.